The largest absolute Gasteiger partial charge is 0.376 e. The van der Waals surface area contributed by atoms with Crippen LogP contribution in [0.25, 0.3) is 0 Å². The van der Waals surface area contributed by atoms with Gasteiger partial charge in [0.15, 0.2) is 0 Å². The molecule has 2 saturated carbocycles. The Morgan fingerprint density at radius 2 is 1.78 bits per heavy atom. The third kappa shape index (κ3) is 3.95. The van der Waals surface area contributed by atoms with Gasteiger partial charge >= 0.3 is 0 Å². The molecule has 0 saturated heterocycles. The fraction of sp³-hybridized carbons (Fsp3) is 0.929. The summed E-state index contributed by atoms with van der Waals surface area (Å²) < 4.78 is 5.72. The van der Waals surface area contributed by atoms with Crippen LogP contribution in [0.15, 0.2) is 0 Å². The van der Waals surface area contributed by atoms with E-state index in [9.17, 15) is 4.79 Å². The fourth-order valence-electron chi connectivity index (χ4n) is 3.07. The number of rotatable bonds is 5. The zero-order valence-electron chi connectivity index (χ0n) is 11.2. The maximum Gasteiger partial charge on any atom is 0.224 e. The minimum atomic E-state index is 0.0187. The van der Waals surface area contributed by atoms with Crippen molar-refractivity contribution in [1.29, 1.82) is 0 Å². The molecule has 0 bridgehead atoms. The van der Waals surface area contributed by atoms with Crippen molar-refractivity contribution >= 4 is 5.91 Å². The Bertz CT molecular complexity index is 265. The van der Waals surface area contributed by atoms with E-state index in [1.54, 1.807) is 0 Å². The van der Waals surface area contributed by atoms with Crippen molar-refractivity contribution in [2.45, 2.75) is 63.5 Å². The molecule has 104 valence electrons. The second kappa shape index (κ2) is 7.10. The Kier molecular flexibility index (Phi) is 5.45. The summed E-state index contributed by atoms with van der Waals surface area (Å²) in [6.45, 7) is 1.26. The molecule has 0 aromatic rings. The molecule has 0 aromatic carbocycles. The van der Waals surface area contributed by atoms with Crippen LogP contribution < -0.4 is 11.1 Å². The molecule has 4 nitrogen and oxygen atoms in total. The molecule has 2 aliphatic carbocycles. The highest BCUT2D eigenvalue weighted by Crippen LogP contribution is 2.23. The fourth-order valence-corrected chi connectivity index (χ4v) is 3.07. The number of carbonyl (C=O) groups excluding carboxylic acids is 1. The van der Waals surface area contributed by atoms with Gasteiger partial charge in [0.25, 0.3) is 0 Å². The van der Waals surface area contributed by atoms with Gasteiger partial charge in [-0.25, -0.2) is 0 Å². The van der Waals surface area contributed by atoms with E-state index in [0.717, 1.165) is 25.7 Å². The summed E-state index contributed by atoms with van der Waals surface area (Å²) in [4.78, 5) is 12.0. The summed E-state index contributed by atoms with van der Waals surface area (Å²) in [5.74, 6) is 0.141. The molecule has 0 radical (unpaired) electrons. The van der Waals surface area contributed by atoms with Crippen molar-refractivity contribution in [3.05, 3.63) is 0 Å². The molecule has 18 heavy (non-hydrogen) atoms. The normalized spacial score (nSPS) is 29.4. The first-order chi connectivity index (χ1) is 8.77. The lowest BCUT2D eigenvalue weighted by molar-refractivity contribution is -0.126. The average molecular weight is 254 g/mol. The van der Waals surface area contributed by atoms with Crippen LogP contribution in [0, 0.1) is 5.92 Å². The SMILES string of the molecule is NC1CCCCC1C(=O)NCCOC1CCCC1. The van der Waals surface area contributed by atoms with Gasteiger partial charge in [-0.2, -0.15) is 0 Å². The second-order valence-corrected chi connectivity index (χ2v) is 5.62. The lowest BCUT2D eigenvalue weighted by Gasteiger charge is -2.27. The molecule has 0 heterocycles. The Labute approximate surface area is 110 Å². The van der Waals surface area contributed by atoms with E-state index < -0.39 is 0 Å². The van der Waals surface area contributed by atoms with Crippen molar-refractivity contribution in [3.63, 3.8) is 0 Å². The predicted octanol–water partition coefficient (Wildman–Crippen LogP) is 1.58. The number of nitrogens with one attached hydrogen (secondary N) is 1. The minimum absolute atomic E-state index is 0.0187. The van der Waals surface area contributed by atoms with Gasteiger partial charge in [0.1, 0.15) is 0 Å². The lowest BCUT2D eigenvalue weighted by Crippen LogP contribution is -2.44. The molecule has 3 N–H and O–H groups in total. The highest BCUT2D eigenvalue weighted by Gasteiger charge is 2.27. The first-order valence-corrected chi connectivity index (χ1v) is 7.42. The summed E-state index contributed by atoms with van der Waals surface area (Å²) in [7, 11) is 0. The van der Waals surface area contributed by atoms with Crippen molar-refractivity contribution in [2.24, 2.45) is 11.7 Å². The first kappa shape index (κ1) is 13.8. The smallest absolute Gasteiger partial charge is 0.224 e. The van der Waals surface area contributed by atoms with Gasteiger partial charge in [-0.05, 0) is 25.7 Å². The summed E-state index contributed by atoms with van der Waals surface area (Å²) in [6, 6.07) is 0.0505. The third-order valence-electron chi connectivity index (χ3n) is 4.21. The number of ether oxygens (including phenoxy) is 1. The molecule has 2 rings (SSSR count). The van der Waals surface area contributed by atoms with Crippen molar-refractivity contribution in [1.82, 2.24) is 5.32 Å². The number of hydrogen-bond donors (Lipinski definition) is 2. The monoisotopic (exact) mass is 254 g/mol. The molecule has 2 aliphatic rings. The van der Waals surface area contributed by atoms with Crippen LogP contribution >= 0.6 is 0 Å². The molecule has 2 atom stereocenters. The minimum Gasteiger partial charge on any atom is -0.376 e. The zero-order valence-corrected chi connectivity index (χ0v) is 11.2. The molecule has 0 aromatic heterocycles. The van der Waals surface area contributed by atoms with Gasteiger partial charge in [-0.3, -0.25) is 4.79 Å². The first-order valence-electron chi connectivity index (χ1n) is 7.42. The van der Waals surface area contributed by atoms with Crippen molar-refractivity contribution < 1.29 is 9.53 Å². The topological polar surface area (TPSA) is 64.4 Å². The van der Waals surface area contributed by atoms with Crippen LogP contribution in [0.2, 0.25) is 0 Å². The summed E-state index contributed by atoms with van der Waals surface area (Å²) in [5.41, 5.74) is 5.99. The predicted molar refractivity (Wildman–Crippen MR) is 71.2 cm³/mol. The van der Waals surface area contributed by atoms with Gasteiger partial charge in [-0.15, -0.1) is 0 Å². The Morgan fingerprint density at radius 3 is 2.50 bits per heavy atom. The molecule has 2 unspecified atom stereocenters. The highest BCUT2D eigenvalue weighted by atomic mass is 16.5. The van der Waals surface area contributed by atoms with E-state index in [1.807, 2.05) is 0 Å². The van der Waals surface area contributed by atoms with Crippen LogP contribution in [0.3, 0.4) is 0 Å². The van der Waals surface area contributed by atoms with Gasteiger partial charge in [0, 0.05) is 12.6 Å². The van der Waals surface area contributed by atoms with Crippen molar-refractivity contribution in [2.75, 3.05) is 13.2 Å². The molecule has 1 amide bonds. The van der Waals surface area contributed by atoms with Gasteiger partial charge in [-0.1, -0.05) is 25.7 Å². The standard InChI is InChI=1S/C14H26N2O2/c15-13-8-4-3-7-12(13)14(17)16-9-10-18-11-5-1-2-6-11/h11-13H,1-10,15H2,(H,16,17). The van der Waals surface area contributed by atoms with Gasteiger partial charge in [0.2, 0.25) is 5.91 Å². The second-order valence-electron chi connectivity index (χ2n) is 5.62. The highest BCUT2D eigenvalue weighted by molar-refractivity contribution is 5.79. The Hall–Kier alpha value is -0.610. The summed E-state index contributed by atoms with van der Waals surface area (Å²) >= 11 is 0. The maximum absolute atomic E-state index is 12.0. The summed E-state index contributed by atoms with van der Waals surface area (Å²) in [5, 5.41) is 2.96. The van der Waals surface area contributed by atoms with E-state index in [1.165, 1.54) is 25.7 Å². The van der Waals surface area contributed by atoms with Crippen LogP contribution in [0.5, 0.6) is 0 Å². The van der Waals surface area contributed by atoms with E-state index in [0.29, 0.717) is 19.3 Å². The van der Waals surface area contributed by atoms with E-state index in [2.05, 4.69) is 5.32 Å². The van der Waals surface area contributed by atoms with E-state index in [-0.39, 0.29) is 17.9 Å². The molecular weight excluding hydrogens is 228 g/mol. The zero-order chi connectivity index (χ0) is 12.8. The molecular formula is C14H26N2O2. The number of carbonyl (C=O) groups is 1. The van der Waals surface area contributed by atoms with E-state index in [4.69, 9.17) is 10.5 Å². The van der Waals surface area contributed by atoms with Crippen molar-refractivity contribution in [3.8, 4) is 0 Å². The number of amides is 1. The van der Waals surface area contributed by atoms with Gasteiger partial charge < -0.3 is 15.8 Å². The quantitative estimate of drug-likeness (QED) is 0.732. The molecule has 0 aliphatic heterocycles. The van der Waals surface area contributed by atoms with Crippen LogP contribution in [-0.4, -0.2) is 31.2 Å². The van der Waals surface area contributed by atoms with Crippen LogP contribution in [0.1, 0.15) is 51.4 Å². The molecule has 2 fully saturated rings. The maximum atomic E-state index is 12.0. The summed E-state index contributed by atoms with van der Waals surface area (Å²) in [6.07, 6.45) is 9.58. The van der Waals surface area contributed by atoms with E-state index >= 15 is 0 Å². The third-order valence-corrected chi connectivity index (χ3v) is 4.21. The van der Waals surface area contributed by atoms with Crippen LogP contribution in [-0.2, 0) is 9.53 Å². The Morgan fingerprint density at radius 1 is 1.11 bits per heavy atom. The lowest BCUT2D eigenvalue weighted by atomic mass is 9.84. The molecule has 4 heteroatoms. The number of hydrogen-bond acceptors (Lipinski definition) is 3. The number of nitrogens with two attached hydrogens (primary N) is 1. The van der Waals surface area contributed by atoms with Gasteiger partial charge in [0.05, 0.1) is 18.6 Å². The Balaban J connectivity index is 1.58. The average Bonchev–Trinajstić information content (AvgIpc) is 2.88. The molecule has 0 spiro atoms. The van der Waals surface area contributed by atoms with Crippen LogP contribution in [0.4, 0.5) is 0 Å².